The van der Waals surface area contributed by atoms with Crippen molar-refractivity contribution in [1.82, 2.24) is 0 Å². The molecule has 1 aromatic rings. The van der Waals surface area contributed by atoms with Crippen molar-refractivity contribution in [2.45, 2.75) is 39.0 Å². The molecule has 1 heterocycles. The third-order valence-electron chi connectivity index (χ3n) is 3.01. The van der Waals surface area contributed by atoms with Crippen LogP contribution in [0.1, 0.15) is 44.7 Å². The van der Waals surface area contributed by atoms with Crippen molar-refractivity contribution in [2.24, 2.45) is 0 Å². The second-order valence-corrected chi connectivity index (χ2v) is 4.43. The molecule has 0 atom stereocenters. The topological polar surface area (TPSA) is 33.0 Å². The minimum Gasteiger partial charge on any atom is -0.377 e. The predicted octanol–water partition coefficient (Wildman–Crippen LogP) is 3.63. The van der Waals surface area contributed by atoms with Crippen molar-refractivity contribution < 1.29 is 4.74 Å². The molecule has 0 saturated carbocycles. The van der Waals surface area contributed by atoms with Crippen LogP contribution in [0, 0.1) is 11.3 Å². The van der Waals surface area contributed by atoms with Crippen LogP contribution in [0.3, 0.4) is 0 Å². The van der Waals surface area contributed by atoms with Gasteiger partial charge in [-0.25, -0.2) is 0 Å². The highest BCUT2D eigenvalue weighted by Crippen LogP contribution is 2.36. The summed E-state index contributed by atoms with van der Waals surface area (Å²) in [5, 5.41) is 9.27. The predicted molar refractivity (Wildman–Crippen MR) is 70.0 cm³/mol. The second-order valence-electron chi connectivity index (χ2n) is 4.43. The fraction of sp³-hybridized carbons (Fsp3) is 0.533. The largest absolute Gasteiger partial charge is 0.377 e. The van der Waals surface area contributed by atoms with Crippen LogP contribution in [0.2, 0.25) is 0 Å². The van der Waals surface area contributed by atoms with Gasteiger partial charge in [0.05, 0.1) is 19.3 Å². The van der Waals surface area contributed by atoms with Crippen LogP contribution in [0.4, 0.5) is 0 Å². The number of rotatable bonds is 2. The van der Waals surface area contributed by atoms with Gasteiger partial charge in [-0.05, 0) is 17.0 Å². The SMILES string of the molecule is CC.CC(C)c1ccccc1C1(C#N)COC1. The van der Waals surface area contributed by atoms with E-state index in [9.17, 15) is 5.26 Å². The lowest BCUT2D eigenvalue weighted by Crippen LogP contribution is -2.46. The Kier molecular flexibility index (Phi) is 4.72. The highest BCUT2D eigenvalue weighted by atomic mass is 16.5. The molecule has 1 fully saturated rings. The third-order valence-corrected chi connectivity index (χ3v) is 3.01. The molecule has 0 spiro atoms. The molecule has 0 aliphatic carbocycles. The maximum atomic E-state index is 9.27. The van der Waals surface area contributed by atoms with Gasteiger partial charge in [0.15, 0.2) is 0 Å². The second kappa shape index (κ2) is 5.84. The van der Waals surface area contributed by atoms with Crippen LogP contribution in [-0.2, 0) is 10.2 Å². The van der Waals surface area contributed by atoms with Crippen LogP contribution in [0.25, 0.3) is 0 Å². The summed E-state index contributed by atoms with van der Waals surface area (Å²) in [5.74, 6) is 0.451. The molecule has 0 radical (unpaired) electrons. The van der Waals surface area contributed by atoms with Crippen molar-refractivity contribution in [1.29, 1.82) is 5.26 Å². The Balaban J connectivity index is 0.000000686. The maximum absolute atomic E-state index is 9.27. The van der Waals surface area contributed by atoms with E-state index in [-0.39, 0.29) is 5.41 Å². The lowest BCUT2D eigenvalue weighted by Gasteiger charge is -2.37. The number of hydrogen-bond donors (Lipinski definition) is 0. The molecule has 1 aliphatic rings. The normalized spacial score (nSPS) is 16.5. The standard InChI is InChI=1S/C13H15NO.C2H6/c1-10(2)11-5-3-4-6-12(11)13(7-14)8-15-9-13;1-2/h3-6,10H,8-9H2,1-2H3;1-2H3. The van der Waals surface area contributed by atoms with Gasteiger partial charge in [-0.2, -0.15) is 5.26 Å². The van der Waals surface area contributed by atoms with E-state index in [1.54, 1.807) is 0 Å². The van der Waals surface area contributed by atoms with Crippen LogP contribution in [-0.4, -0.2) is 13.2 Å². The van der Waals surface area contributed by atoms with E-state index >= 15 is 0 Å². The summed E-state index contributed by atoms with van der Waals surface area (Å²) in [6, 6.07) is 10.6. The zero-order valence-corrected chi connectivity index (χ0v) is 11.2. The summed E-state index contributed by atoms with van der Waals surface area (Å²) >= 11 is 0. The summed E-state index contributed by atoms with van der Waals surface area (Å²) in [6.07, 6.45) is 0. The Hall–Kier alpha value is -1.33. The average Bonchev–Trinajstić information content (AvgIpc) is 2.31. The van der Waals surface area contributed by atoms with Gasteiger partial charge in [0, 0.05) is 0 Å². The summed E-state index contributed by atoms with van der Waals surface area (Å²) in [4.78, 5) is 0. The van der Waals surface area contributed by atoms with Gasteiger partial charge in [0.25, 0.3) is 0 Å². The van der Waals surface area contributed by atoms with E-state index in [1.165, 1.54) is 5.56 Å². The molecule has 0 aromatic heterocycles. The summed E-state index contributed by atoms with van der Waals surface area (Å²) < 4.78 is 5.20. The molecule has 1 saturated heterocycles. The van der Waals surface area contributed by atoms with E-state index in [2.05, 4.69) is 32.0 Å². The first-order chi connectivity index (χ1) is 8.19. The summed E-state index contributed by atoms with van der Waals surface area (Å²) in [7, 11) is 0. The Morgan fingerprint density at radius 2 is 1.82 bits per heavy atom. The Morgan fingerprint density at radius 3 is 2.24 bits per heavy atom. The zero-order valence-electron chi connectivity index (χ0n) is 11.2. The first-order valence-corrected chi connectivity index (χ1v) is 6.28. The number of ether oxygens (including phenoxy) is 1. The first kappa shape index (κ1) is 13.7. The van der Waals surface area contributed by atoms with Crippen LogP contribution < -0.4 is 0 Å². The van der Waals surface area contributed by atoms with Crippen LogP contribution >= 0.6 is 0 Å². The highest BCUT2D eigenvalue weighted by Gasteiger charge is 2.42. The van der Waals surface area contributed by atoms with Crippen molar-refractivity contribution in [3.05, 3.63) is 35.4 Å². The molecule has 0 N–H and O–H groups in total. The first-order valence-electron chi connectivity index (χ1n) is 6.28. The van der Waals surface area contributed by atoms with E-state index in [1.807, 2.05) is 26.0 Å². The van der Waals surface area contributed by atoms with Gasteiger partial charge in [-0.15, -0.1) is 0 Å². The van der Waals surface area contributed by atoms with Gasteiger partial charge in [-0.1, -0.05) is 52.0 Å². The molecule has 1 aromatic carbocycles. The van der Waals surface area contributed by atoms with E-state index in [0.29, 0.717) is 19.1 Å². The monoisotopic (exact) mass is 231 g/mol. The average molecular weight is 231 g/mol. The van der Waals surface area contributed by atoms with Crippen LogP contribution in [0.15, 0.2) is 24.3 Å². The van der Waals surface area contributed by atoms with Crippen molar-refractivity contribution >= 4 is 0 Å². The fourth-order valence-corrected chi connectivity index (χ4v) is 2.02. The fourth-order valence-electron chi connectivity index (χ4n) is 2.02. The van der Waals surface area contributed by atoms with Gasteiger partial charge in [0.1, 0.15) is 5.41 Å². The quantitative estimate of drug-likeness (QED) is 0.778. The molecular weight excluding hydrogens is 210 g/mol. The van der Waals surface area contributed by atoms with E-state index < -0.39 is 0 Å². The van der Waals surface area contributed by atoms with Gasteiger partial charge in [-0.3, -0.25) is 0 Å². The molecule has 1 aliphatic heterocycles. The molecule has 2 heteroatoms. The lowest BCUT2D eigenvalue weighted by atomic mass is 9.76. The minimum atomic E-state index is -0.388. The number of hydrogen-bond acceptors (Lipinski definition) is 2. The summed E-state index contributed by atoms with van der Waals surface area (Å²) in [6.45, 7) is 9.38. The number of benzene rings is 1. The molecular formula is C15H21NO. The van der Waals surface area contributed by atoms with Gasteiger partial charge < -0.3 is 4.74 Å². The maximum Gasteiger partial charge on any atom is 0.129 e. The molecule has 0 unspecified atom stereocenters. The smallest absolute Gasteiger partial charge is 0.129 e. The molecule has 0 bridgehead atoms. The van der Waals surface area contributed by atoms with Crippen LogP contribution in [0.5, 0.6) is 0 Å². The van der Waals surface area contributed by atoms with Gasteiger partial charge in [0.2, 0.25) is 0 Å². The van der Waals surface area contributed by atoms with Gasteiger partial charge >= 0.3 is 0 Å². The molecule has 17 heavy (non-hydrogen) atoms. The molecule has 92 valence electrons. The third kappa shape index (κ3) is 2.50. The molecule has 2 rings (SSSR count). The van der Waals surface area contributed by atoms with Crippen molar-refractivity contribution in [2.75, 3.05) is 13.2 Å². The minimum absolute atomic E-state index is 0.388. The zero-order chi connectivity index (χ0) is 12.9. The molecule has 0 amide bonds. The van der Waals surface area contributed by atoms with E-state index in [4.69, 9.17) is 4.74 Å². The Labute approximate surface area is 104 Å². The van der Waals surface area contributed by atoms with Crippen molar-refractivity contribution in [3.8, 4) is 6.07 Å². The number of nitriles is 1. The van der Waals surface area contributed by atoms with Crippen molar-refractivity contribution in [3.63, 3.8) is 0 Å². The van der Waals surface area contributed by atoms with E-state index in [0.717, 1.165) is 5.56 Å². The Morgan fingerprint density at radius 1 is 1.24 bits per heavy atom. The molecule has 2 nitrogen and oxygen atoms in total. The number of nitrogens with zero attached hydrogens (tertiary/aromatic N) is 1. The lowest BCUT2D eigenvalue weighted by molar-refractivity contribution is -0.0302. The summed E-state index contributed by atoms with van der Waals surface area (Å²) in [5.41, 5.74) is 2.03. The Bertz CT molecular complexity index is 400. The highest BCUT2D eigenvalue weighted by molar-refractivity contribution is 5.42.